The van der Waals surface area contributed by atoms with Crippen LogP contribution in [0, 0.1) is 11.6 Å². The van der Waals surface area contributed by atoms with E-state index in [1.807, 2.05) is 0 Å². The van der Waals surface area contributed by atoms with Gasteiger partial charge in [0.25, 0.3) is 0 Å². The Balaban J connectivity index is 1.84. The van der Waals surface area contributed by atoms with Crippen LogP contribution in [0.3, 0.4) is 0 Å². The molecule has 0 bridgehead atoms. The van der Waals surface area contributed by atoms with Crippen molar-refractivity contribution in [2.45, 2.75) is 38.1 Å². The van der Waals surface area contributed by atoms with Crippen LogP contribution in [0.1, 0.15) is 38.0 Å². The summed E-state index contributed by atoms with van der Waals surface area (Å²) in [5.41, 5.74) is 0.418. The van der Waals surface area contributed by atoms with Crippen LogP contribution in [0.25, 0.3) is 11.4 Å². The van der Waals surface area contributed by atoms with Gasteiger partial charge in [-0.15, -0.1) is 0 Å². The Morgan fingerprint density at radius 3 is 2.90 bits per heavy atom. The average Bonchev–Trinajstić information content (AvgIpc) is 3.10. The maximum absolute atomic E-state index is 13.3. The van der Waals surface area contributed by atoms with Crippen LogP contribution >= 0.6 is 0 Å². The molecule has 1 aliphatic rings. The molecule has 0 amide bonds. The van der Waals surface area contributed by atoms with Gasteiger partial charge in [0.15, 0.2) is 11.6 Å². The number of likely N-dealkylation sites (N-methyl/N-ethyl adjacent to an activating group) is 1. The number of hydrogen-bond acceptors (Lipinski definition) is 4. The Bertz CT molecular complexity index is 629. The van der Waals surface area contributed by atoms with Crippen molar-refractivity contribution in [2.75, 3.05) is 6.54 Å². The molecule has 1 heterocycles. The van der Waals surface area contributed by atoms with Crippen LogP contribution in [-0.4, -0.2) is 22.7 Å². The molecule has 2 atom stereocenters. The standard InChI is InChI=1S/C15H17F2N3O/c1-2-18-13-5-3-4-10(13)15-19-14(20-21-15)9-6-7-11(16)12(17)8-9/h6-8,10,13,18H,2-5H2,1H3. The highest BCUT2D eigenvalue weighted by Crippen LogP contribution is 2.34. The third kappa shape index (κ3) is 2.81. The van der Waals surface area contributed by atoms with Crippen LogP contribution in [0.15, 0.2) is 22.7 Å². The van der Waals surface area contributed by atoms with Crippen molar-refractivity contribution < 1.29 is 13.3 Å². The summed E-state index contributed by atoms with van der Waals surface area (Å²) >= 11 is 0. The molecule has 21 heavy (non-hydrogen) atoms. The minimum atomic E-state index is -0.912. The van der Waals surface area contributed by atoms with Gasteiger partial charge in [-0.1, -0.05) is 18.5 Å². The van der Waals surface area contributed by atoms with Crippen molar-refractivity contribution in [3.63, 3.8) is 0 Å². The lowest BCUT2D eigenvalue weighted by molar-refractivity contribution is 0.332. The zero-order chi connectivity index (χ0) is 14.8. The third-order valence-electron chi connectivity index (χ3n) is 3.92. The Morgan fingerprint density at radius 2 is 2.14 bits per heavy atom. The number of halogens is 2. The monoisotopic (exact) mass is 293 g/mol. The van der Waals surface area contributed by atoms with Crippen molar-refractivity contribution in [3.8, 4) is 11.4 Å². The molecule has 2 unspecified atom stereocenters. The van der Waals surface area contributed by atoms with E-state index in [1.165, 1.54) is 6.07 Å². The van der Waals surface area contributed by atoms with E-state index in [9.17, 15) is 8.78 Å². The maximum Gasteiger partial charge on any atom is 0.231 e. The number of rotatable bonds is 4. The molecule has 1 aromatic heterocycles. The van der Waals surface area contributed by atoms with E-state index in [-0.39, 0.29) is 5.92 Å². The van der Waals surface area contributed by atoms with Crippen molar-refractivity contribution in [1.82, 2.24) is 15.5 Å². The molecule has 4 nitrogen and oxygen atoms in total. The van der Waals surface area contributed by atoms with E-state index >= 15 is 0 Å². The summed E-state index contributed by atoms with van der Waals surface area (Å²) in [6, 6.07) is 3.94. The predicted octanol–water partition coefficient (Wildman–Crippen LogP) is 3.26. The molecule has 2 aromatic rings. The van der Waals surface area contributed by atoms with Gasteiger partial charge in [-0.05, 0) is 37.6 Å². The second-order valence-corrected chi connectivity index (χ2v) is 5.29. The van der Waals surface area contributed by atoms with E-state index in [1.54, 1.807) is 0 Å². The number of benzene rings is 1. The van der Waals surface area contributed by atoms with Gasteiger partial charge < -0.3 is 9.84 Å². The van der Waals surface area contributed by atoms with Gasteiger partial charge in [-0.3, -0.25) is 0 Å². The Morgan fingerprint density at radius 1 is 1.29 bits per heavy atom. The first-order chi connectivity index (χ1) is 10.2. The quantitative estimate of drug-likeness (QED) is 0.940. The summed E-state index contributed by atoms with van der Waals surface area (Å²) in [6.07, 6.45) is 3.20. The zero-order valence-corrected chi connectivity index (χ0v) is 11.8. The van der Waals surface area contributed by atoms with Crippen molar-refractivity contribution in [1.29, 1.82) is 0 Å². The van der Waals surface area contributed by atoms with E-state index < -0.39 is 11.6 Å². The van der Waals surface area contributed by atoms with Crippen molar-refractivity contribution in [2.24, 2.45) is 0 Å². The number of nitrogens with one attached hydrogen (secondary N) is 1. The van der Waals surface area contributed by atoms with Gasteiger partial charge >= 0.3 is 0 Å². The molecule has 1 fully saturated rings. The summed E-state index contributed by atoms with van der Waals surface area (Å²) in [7, 11) is 0. The zero-order valence-electron chi connectivity index (χ0n) is 11.8. The number of aromatic nitrogens is 2. The molecule has 3 rings (SSSR count). The SMILES string of the molecule is CCNC1CCCC1c1nc(-c2ccc(F)c(F)c2)no1. The van der Waals surface area contributed by atoms with Crippen LogP contribution in [0.4, 0.5) is 8.78 Å². The molecule has 1 saturated carbocycles. The Kier molecular flexibility index (Phi) is 3.96. The van der Waals surface area contributed by atoms with Gasteiger partial charge in [0.05, 0.1) is 5.92 Å². The van der Waals surface area contributed by atoms with Crippen LogP contribution < -0.4 is 5.32 Å². The molecule has 6 heteroatoms. The predicted molar refractivity (Wildman–Crippen MR) is 73.7 cm³/mol. The van der Waals surface area contributed by atoms with Crippen LogP contribution in [0.5, 0.6) is 0 Å². The normalized spacial score (nSPS) is 21.9. The Hall–Kier alpha value is -1.82. The van der Waals surface area contributed by atoms with Crippen LogP contribution in [0.2, 0.25) is 0 Å². The topological polar surface area (TPSA) is 51.0 Å². The molecule has 112 valence electrons. The minimum Gasteiger partial charge on any atom is -0.339 e. The molecule has 1 aromatic carbocycles. The number of hydrogen-bond donors (Lipinski definition) is 1. The highest BCUT2D eigenvalue weighted by molar-refractivity contribution is 5.54. The largest absolute Gasteiger partial charge is 0.339 e. The molecule has 0 aliphatic heterocycles. The highest BCUT2D eigenvalue weighted by Gasteiger charge is 2.32. The lowest BCUT2D eigenvalue weighted by atomic mass is 10.0. The fraction of sp³-hybridized carbons (Fsp3) is 0.467. The lowest BCUT2D eigenvalue weighted by Crippen LogP contribution is -2.31. The molecule has 0 radical (unpaired) electrons. The summed E-state index contributed by atoms with van der Waals surface area (Å²) in [4.78, 5) is 4.36. The first kappa shape index (κ1) is 14.1. The minimum absolute atomic E-state index is 0.191. The van der Waals surface area contributed by atoms with E-state index in [0.717, 1.165) is 37.9 Å². The van der Waals surface area contributed by atoms with E-state index in [4.69, 9.17) is 4.52 Å². The van der Waals surface area contributed by atoms with Gasteiger partial charge in [0.1, 0.15) is 0 Å². The molecule has 0 saturated heterocycles. The summed E-state index contributed by atoms with van der Waals surface area (Å²) < 4.78 is 31.6. The highest BCUT2D eigenvalue weighted by atomic mass is 19.2. The molecule has 0 spiro atoms. The smallest absolute Gasteiger partial charge is 0.231 e. The van der Waals surface area contributed by atoms with Gasteiger partial charge in [0.2, 0.25) is 11.7 Å². The van der Waals surface area contributed by atoms with Crippen LogP contribution in [-0.2, 0) is 0 Å². The van der Waals surface area contributed by atoms with Gasteiger partial charge in [-0.2, -0.15) is 4.98 Å². The lowest BCUT2D eigenvalue weighted by Gasteiger charge is -2.16. The fourth-order valence-corrected chi connectivity index (χ4v) is 2.90. The first-order valence-corrected chi connectivity index (χ1v) is 7.21. The van der Waals surface area contributed by atoms with Crippen molar-refractivity contribution in [3.05, 3.63) is 35.7 Å². The van der Waals surface area contributed by atoms with Gasteiger partial charge in [-0.25, -0.2) is 8.78 Å². The second-order valence-electron chi connectivity index (χ2n) is 5.29. The summed E-state index contributed by atoms with van der Waals surface area (Å²) in [5, 5.41) is 7.31. The summed E-state index contributed by atoms with van der Waals surface area (Å²) in [5.74, 6) is -0.739. The maximum atomic E-state index is 13.3. The van der Waals surface area contributed by atoms with E-state index in [0.29, 0.717) is 23.3 Å². The molecular weight excluding hydrogens is 276 g/mol. The summed E-state index contributed by atoms with van der Waals surface area (Å²) in [6.45, 7) is 2.96. The Labute approximate surface area is 121 Å². The third-order valence-corrected chi connectivity index (χ3v) is 3.92. The van der Waals surface area contributed by atoms with Crippen molar-refractivity contribution >= 4 is 0 Å². The molecule has 1 N–H and O–H groups in total. The number of nitrogens with zero attached hydrogens (tertiary/aromatic N) is 2. The molecule has 1 aliphatic carbocycles. The van der Waals surface area contributed by atoms with Gasteiger partial charge in [0, 0.05) is 11.6 Å². The first-order valence-electron chi connectivity index (χ1n) is 7.21. The second kappa shape index (κ2) is 5.89. The fourth-order valence-electron chi connectivity index (χ4n) is 2.90. The average molecular weight is 293 g/mol. The van der Waals surface area contributed by atoms with E-state index in [2.05, 4.69) is 22.4 Å². The molecular formula is C15H17F2N3O.